The van der Waals surface area contributed by atoms with Gasteiger partial charge in [-0.25, -0.2) is 15.8 Å². The Labute approximate surface area is 118 Å². The molecule has 0 fully saturated rings. The van der Waals surface area contributed by atoms with E-state index in [1.165, 1.54) is 24.5 Å². The lowest BCUT2D eigenvalue weighted by molar-refractivity contribution is 0.462. The molecular weight excluding hydrogens is 298 g/mol. The second-order valence-electron chi connectivity index (χ2n) is 3.18. The maximum Gasteiger partial charge on any atom is 0.224 e. The highest BCUT2D eigenvalue weighted by molar-refractivity contribution is 6.43. The number of nitrogens with one attached hydrogen (secondary N) is 1. The fourth-order valence-electron chi connectivity index (χ4n) is 1.17. The van der Waals surface area contributed by atoms with Gasteiger partial charge in [0.05, 0.1) is 15.1 Å². The van der Waals surface area contributed by atoms with Crippen LogP contribution in [0.3, 0.4) is 0 Å². The van der Waals surface area contributed by atoms with E-state index in [9.17, 15) is 0 Å². The van der Waals surface area contributed by atoms with Gasteiger partial charge < -0.3 is 10.2 Å². The molecule has 0 saturated carbocycles. The summed E-state index contributed by atoms with van der Waals surface area (Å²) in [5.74, 6) is 6.26. The van der Waals surface area contributed by atoms with Crippen molar-refractivity contribution in [2.45, 2.75) is 0 Å². The van der Waals surface area contributed by atoms with Gasteiger partial charge in [-0.3, -0.25) is 0 Å². The summed E-state index contributed by atoms with van der Waals surface area (Å²) in [6, 6.07) is 4.51. The predicted molar refractivity (Wildman–Crippen MR) is 71.4 cm³/mol. The van der Waals surface area contributed by atoms with E-state index in [4.69, 9.17) is 45.4 Å². The molecular formula is C10H7Cl3N4O. The van der Waals surface area contributed by atoms with Crippen LogP contribution in [0.15, 0.2) is 24.5 Å². The molecule has 94 valence electrons. The van der Waals surface area contributed by atoms with Gasteiger partial charge in [0, 0.05) is 12.1 Å². The first-order valence-electron chi connectivity index (χ1n) is 4.71. The van der Waals surface area contributed by atoms with E-state index in [-0.39, 0.29) is 5.88 Å². The van der Waals surface area contributed by atoms with Crippen molar-refractivity contribution >= 4 is 40.6 Å². The zero-order valence-electron chi connectivity index (χ0n) is 8.82. The number of nitrogens with two attached hydrogens (primary N) is 1. The third-order valence-corrected chi connectivity index (χ3v) is 3.00. The number of nitrogens with zero attached hydrogens (tertiary/aromatic N) is 2. The SMILES string of the molecule is NNc1cc(Oc2cc(Cl)c(Cl)cc2Cl)ncn1. The molecule has 0 aliphatic rings. The van der Waals surface area contributed by atoms with E-state index >= 15 is 0 Å². The number of nitrogen functional groups attached to an aromatic ring is 1. The first kappa shape index (κ1) is 13.2. The zero-order chi connectivity index (χ0) is 13.1. The van der Waals surface area contributed by atoms with Crippen LogP contribution in [0.1, 0.15) is 0 Å². The second-order valence-corrected chi connectivity index (χ2v) is 4.41. The van der Waals surface area contributed by atoms with Crippen LogP contribution in [0.5, 0.6) is 11.6 Å². The van der Waals surface area contributed by atoms with Crippen LogP contribution in [0, 0.1) is 0 Å². The topological polar surface area (TPSA) is 73.1 Å². The molecule has 1 heterocycles. The average Bonchev–Trinajstić information content (AvgIpc) is 2.36. The highest BCUT2D eigenvalue weighted by Gasteiger charge is 2.09. The minimum Gasteiger partial charge on any atom is -0.437 e. The third-order valence-electron chi connectivity index (χ3n) is 1.98. The van der Waals surface area contributed by atoms with Crippen LogP contribution >= 0.6 is 34.8 Å². The van der Waals surface area contributed by atoms with Crippen molar-refractivity contribution in [2.75, 3.05) is 5.43 Å². The maximum atomic E-state index is 5.97. The summed E-state index contributed by atoms with van der Waals surface area (Å²) in [6.07, 6.45) is 1.30. The summed E-state index contributed by atoms with van der Waals surface area (Å²) in [5, 5.41) is 1.01. The molecule has 0 saturated heterocycles. The molecule has 3 N–H and O–H groups in total. The highest BCUT2D eigenvalue weighted by Crippen LogP contribution is 2.35. The molecule has 2 rings (SSSR count). The predicted octanol–water partition coefficient (Wildman–Crippen LogP) is 3.51. The molecule has 0 atom stereocenters. The van der Waals surface area contributed by atoms with Crippen LogP contribution in [-0.2, 0) is 0 Å². The zero-order valence-corrected chi connectivity index (χ0v) is 11.1. The number of anilines is 1. The van der Waals surface area contributed by atoms with E-state index in [1.54, 1.807) is 0 Å². The summed E-state index contributed by atoms with van der Waals surface area (Å²) >= 11 is 17.7. The number of rotatable bonds is 3. The van der Waals surface area contributed by atoms with Crippen molar-refractivity contribution in [3.63, 3.8) is 0 Å². The van der Waals surface area contributed by atoms with Crippen LogP contribution in [0.2, 0.25) is 15.1 Å². The average molecular weight is 306 g/mol. The lowest BCUT2D eigenvalue weighted by atomic mass is 10.3. The van der Waals surface area contributed by atoms with Crippen LogP contribution in [-0.4, -0.2) is 9.97 Å². The van der Waals surface area contributed by atoms with E-state index in [1.807, 2.05) is 0 Å². The molecule has 0 radical (unpaired) electrons. The van der Waals surface area contributed by atoms with Crippen LogP contribution < -0.4 is 16.0 Å². The number of benzene rings is 1. The number of ether oxygens (including phenoxy) is 1. The normalized spacial score (nSPS) is 10.2. The monoisotopic (exact) mass is 304 g/mol. The Bertz CT molecular complexity index is 579. The standard InChI is InChI=1S/C10H7Cl3N4O/c11-5-1-7(13)8(2-6(5)12)18-10-3-9(17-14)15-4-16-10/h1-4H,14H2,(H,15,16,17). The Kier molecular flexibility index (Phi) is 4.08. The van der Waals surface area contributed by atoms with Gasteiger partial charge in [0.1, 0.15) is 17.9 Å². The largest absolute Gasteiger partial charge is 0.437 e. The first-order chi connectivity index (χ1) is 8.60. The third kappa shape index (κ3) is 2.94. The van der Waals surface area contributed by atoms with Gasteiger partial charge in [-0.05, 0) is 6.07 Å². The molecule has 0 unspecified atom stereocenters. The van der Waals surface area contributed by atoms with Gasteiger partial charge in [0.15, 0.2) is 0 Å². The molecule has 0 amide bonds. The number of aromatic nitrogens is 2. The summed E-state index contributed by atoms with van der Waals surface area (Å²) in [6.45, 7) is 0. The minimum atomic E-state index is 0.276. The van der Waals surface area contributed by atoms with E-state index in [0.717, 1.165) is 0 Å². The Morgan fingerprint density at radius 3 is 2.44 bits per heavy atom. The van der Waals surface area contributed by atoms with Crippen LogP contribution in [0.25, 0.3) is 0 Å². The lowest BCUT2D eigenvalue weighted by Gasteiger charge is -2.08. The summed E-state index contributed by atoms with van der Waals surface area (Å²) in [5.41, 5.74) is 2.38. The molecule has 0 spiro atoms. The fraction of sp³-hybridized carbons (Fsp3) is 0. The van der Waals surface area contributed by atoms with E-state index in [2.05, 4.69) is 15.4 Å². The molecule has 0 aliphatic heterocycles. The summed E-state index contributed by atoms with van der Waals surface area (Å²) in [7, 11) is 0. The maximum absolute atomic E-state index is 5.97. The molecule has 5 nitrogen and oxygen atoms in total. The lowest BCUT2D eigenvalue weighted by Crippen LogP contribution is -2.08. The molecule has 1 aromatic carbocycles. The van der Waals surface area contributed by atoms with Crippen molar-refractivity contribution in [1.82, 2.24) is 9.97 Å². The van der Waals surface area contributed by atoms with Gasteiger partial charge in [-0.1, -0.05) is 34.8 Å². The van der Waals surface area contributed by atoms with Gasteiger partial charge in [0.25, 0.3) is 0 Å². The van der Waals surface area contributed by atoms with Crippen molar-refractivity contribution < 1.29 is 4.74 Å². The minimum absolute atomic E-state index is 0.276. The number of halogens is 3. The van der Waals surface area contributed by atoms with Gasteiger partial charge in [0.2, 0.25) is 5.88 Å². The Morgan fingerprint density at radius 2 is 1.72 bits per heavy atom. The van der Waals surface area contributed by atoms with Gasteiger partial charge in [-0.2, -0.15) is 0 Å². The van der Waals surface area contributed by atoms with Crippen molar-refractivity contribution in [3.05, 3.63) is 39.6 Å². The molecule has 8 heteroatoms. The Balaban J connectivity index is 2.30. The van der Waals surface area contributed by atoms with Gasteiger partial charge >= 0.3 is 0 Å². The van der Waals surface area contributed by atoms with Crippen molar-refractivity contribution in [1.29, 1.82) is 0 Å². The highest BCUT2D eigenvalue weighted by atomic mass is 35.5. The first-order valence-corrected chi connectivity index (χ1v) is 5.84. The van der Waals surface area contributed by atoms with E-state index in [0.29, 0.717) is 26.6 Å². The molecule has 18 heavy (non-hydrogen) atoms. The molecule has 1 aromatic heterocycles. The fourth-order valence-corrected chi connectivity index (χ4v) is 1.74. The number of hydrazine groups is 1. The van der Waals surface area contributed by atoms with Crippen molar-refractivity contribution in [3.8, 4) is 11.6 Å². The van der Waals surface area contributed by atoms with Crippen LogP contribution in [0.4, 0.5) is 5.82 Å². The second kappa shape index (κ2) is 5.58. The Morgan fingerprint density at radius 1 is 1.00 bits per heavy atom. The molecule has 0 aliphatic carbocycles. The van der Waals surface area contributed by atoms with Gasteiger partial charge in [-0.15, -0.1) is 0 Å². The smallest absolute Gasteiger partial charge is 0.224 e. The summed E-state index contributed by atoms with van der Waals surface area (Å²) < 4.78 is 5.47. The Hall–Kier alpha value is -1.27. The molecule has 2 aromatic rings. The molecule has 0 bridgehead atoms. The van der Waals surface area contributed by atoms with E-state index < -0.39 is 0 Å². The summed E-state index contributed by atoms with van der Waals surface area (Å²) in [4.78, 5) is 7.76. The van der Waals surface area contributed by atoms with Crippen molar-refractivity contribution in [2.24, 2.45) is 5.84 Å². The number of hydrogen-bond acceptors (Lipinski definition) is 5. The number of hydrogen-bond donors (Lipinski definition) is 2. The quantitative estimate of drug-likeness (QED) is 0.516.